The van der Waals surface area contributed by atoms with Crippen LogP contribution in [-0.4, -0.2) is 28.1 Å². The van der Waals surface area contributed by atoms with Crippen molar-refractivity contribution in [2.75, 3.05) is 19.6 Å². The van der Waals surface area contributed by atoms with E-state index in [0.29, 0.717) is 19.5 Å². The molecule has 0 saturated carbocycles. The highest BCUT2D eigenvalue weighted by atomic mass is 32.2. The summed E-state index contributed by atoms with van der Waals surface area (Å²) in [5, 5.41) is 2.99. The molecule has 0 bridgehead atoms. The van der Waals surface area contributed by atoms with Crippen molar-refractivity contribution in [1.29, 1.82) is 0 Å². The number of benzene rings is 1. The van der Waals surface area contributed by atoms with Crippen molar-refractivity contribution in [2.24, 2.45) is 5.92 Å². The van der Waals surface area contributed by atoms with E-state index in [9.17, 15) is 26.0 Å². The molecule has 112 valence electrons. The Morgan fingerprint density at radius 3 is 2.30 bits per heavy atom. The molecule has 1 saturated heterocycles. The first-order valence-electron chi connectivity index (χ1n) is 5.86. The minimum Gasteiger partial charge on any atom is -0.316 e. The molecule has 1 heterocycles. The summed E-state index contributed by atoms with van der Waals surface area (Å²) in [5.41, 5.74) is 0. The molecule has 1 aromatic rings. The van der Waals surface area contributed by atoms with Crippen LogP contribution >= 0.6 is 0 Å². The van der Waals surface area contributed by atoms with E-state index in [1.807, 2.05) is 4.72 Å². The van der Waals surface area contributed by atoms with E-state index in [2.05, 4.69) is 5.32 Å². The average Bonchev–Trinajstić information content (AvgIpc) is 2.87. The van der Waals surface area contributed by atoms with E-state index in [-0.39, 0.29) is 18.5 Å². The van der Waals surface area contributed by atoms with Crippen molar-refractivity contribution in [1.82, 2.24) is 10.0 Å². The van der Waals surface area contributed by atoms with E-state index < -0.39 is 38.2 Å². The highest BCUT2D eigenvalue weighted by Crippen LogP contribution is 2.23. The van der Waals surface area contributed by atoms with Crippen LogP contribution in [0.3, 0.4) is 0 Å². The Hall–Kier alpha value is -1.19. The largest absolute Gasteiger partial charge is 0.316 e. The molecular weight excluding hydrogens is 300 g/mol. The molecule has 20 heavy (non-hydrogen) atoms. The lowest BCUT2D eigenvalue weighted by molar-refractivity contribution is 0.417. The zero-order valence-corrected chi connectivity index (χ0v) is 11.0. The molecule has 1 atom stereocenters. The molecule has 0 spiro atoms. The second kappa shape index (κ2) is 5.66. The molecular formula is C11H12F4N2O2S. The van der Waals surface area contributed by atoms with Crippen LogP contribution in [0.1, 0.15) is 6.42 Å². The predicted molar refractivity (Wildman–Crippen MR) is 62.4 cm³/mol. The maximum Gasteiger partial charge on any atom is 0.246 e. The minimum atomic E-state index is -4.66. The zero-order chi connectivity index (χ0) is 14.9. The highest BCUT2D eigenvalue weighted by Gasteiger charge is 2.30. The van der Waals surface area contributed by atoms with Crippen molar-refractivity contribution in [3.63, 3.8) is 0 Å². The summed E-state index contributed by atoms with van der Waals surface area (Å²) in [6, 6.07) is -0.0371. The molecule has 0 aliphatic carbocycles. The number of sulfonamides is 1. The lowest BCUT2D eigenvalue weighted by atomic mass is 10.1. The van der Waals surface area contributed by atoms with E-state index in [4.69, 9.17) is 0 Å². The van der Waals surface area contributed by atoms with Crippen molar-refractivity contribution < 1.29 is 26.0 Å². The third-order valence-corrected chi connectivity index (χ3v) is 4.51. The van der Waals surface area contributed by atoms with Crippen LogP contribution in [0.25, 0.3) is 0 Å². The van der Waals surface area contributed by atoms with E-state index in [1.165, 1.54) is 0 Å². The van der Waals surface area contributed by atoms with Gasteiger partial charge in [0, 0.05) is 12.6 Å². The quantitative estimate of drug-likeness (QED) is 0.647. The van der Waals surface area contributed by atoms with Crippen LogP contribution < -0.4 is 10.0 Å². The van der Waals surface area contributed by atoms with Gasteiger partial charge >= 0.3 is 0 Å². The third kappa shape index (κ3) is 2.94. The first kappa shape index (κ1) is 15.2. The predicted octanol–water partition coefficient (Wildman–Crippen LogP) is 1.13. The van der Waals surface area contributed by atoms with Crippen LogP contribution in [-0.2, 0) is 10.0 Å². The van der Waals surface area contributed by atoms with Gasteiger partial charge in [-0.25, -0.2) is 30.7 Å². The Kier molecular flexibility index (Phi) is 4.31. The molecule has 2 N–H and O–H groups in total. The van der Waals surface area contributed by atoms with Crippen LogP contribution in [0.2, 0.25) is 0 Å². The van der Waals surface area contributed by atoms with Gasteiger partial charge in [-0.3, -0.25) is 0 Å². The van der Waals surface area contributed by atoms with Gasteiger partial charge in [0.15, 0.2) is 28.2 Å². The summed E-state index contributed by atoms with van der Waals surface area (Å²) < 4.78 is 78.4. The standard InChI is InChI=1S/C11H12F4N2O2S/c12-7-3-8(13)10(15)11(9(7)14)20(18,19)17-5-6-1-2-16-4-6/h3,6,16-17H,1-2,4-5H2. The van der Waals surface area contributed by atoms with Gasteiger partial charge in [0.1, 0.15) is 0 Å². The molecule has 0 radical (unpaired) electrons. The van der Waals surface area contributed by atoms with Crippen LogP contribution in [0.15, 0.2) is 11.0 Å². The van der Waals surface area contributed by atoms with E-state index in [1.54, 1.807) is 0 Å². The Morgan fingerprint density at radius 2 is 1.80 bits per heavy atom. The van der Waals surface area contributed by atoms with E-state index in [0.717, 1.165) is 0 Å². The maximum atomic E-state index is 13.4. The highest BCUT2D eigenvalue weighted by molar-refractivity contribution is 7.89. The normalized spacial score (nSPS) is 19.5. The second-order valence-corrected chi connectivity index (χ2v) is 6.21. The van der Waals surface area contributed by atoms with Gasteiger partial charge in [-0.1, -0.05) is 0 Å². The first-order chi connectivity index (χ1) is 9.33. The summed E-state index contributed by atoms with van der Waals surface area (Å²) in [4.78, 5) is -1.62. The molecule has 2 rings (SSSR count). The van der Waals surface area contributed by atoms with Gasteiger partial charge in [-0.05, 0) is 25.4 Å². The summed E-state index contributed by atoms with van der Waals surface area (Å²) in [6.45, 7) is 1.21. The van der Waals surface area contributed by atoms with Crippen LogP contribution in [0.5, 0.6) is 0 Å². The summed E-state index contributed by atoms with van der Waals surface area (Å²) in [6.07, 6.45) is 0.699. The molecule has 4 nitrogen and oxygen atoms in total. The minimum absolute atomic E-state index is 0.0331. The molecule has 1 fully saturated rings. The monoisotopic (exact) mass is 312 g/mol. The van der Waals surface area contributed by atoms with Gasteiger partial charge in [-0.15, -0.1) is 0 Å². The lowest BCUT2D eigenvalue weighted by Gasteiger charge is -2.12. The van der Waals surface area contributed by atoms with Gasteiger partial charge in [0.2, 0.25) is 10.0 Å². The first-order valence-corrected chi connectivity index (χ1v) is 7.34. The maximum absolute atomic E-state index is 13.4. The average molecular weight is 312 g/mol. The SMILES string of the molecule is O=S(=O)(NCC1CCNC1)c1c(F)c(F)cc(F)c1F. The zero-order valence-electron chi connectivity index (χ0n) is 10.2. The number of hydrogen-bond donors (Lipinski definition) is 2. The molecule has 1 unspecified atom stereocenters. The fraction of sp³-hybridized carbons (Fsp3) is 0.455. The second-order valence-electron chi connectivity index (χ2n) is 4.51. The molecule has 9 heteroatoms. The Morgan fingerprint density at radius 1 is 1.20 bits per heavy atom. The van der Waals surface area contributed by atoms with Crippen molar-refractivity contribution in [2.45, 2.75) is 11.3 Å². The fourth-order valence-electron chi connectivity index (χ4n) is 1.98. The fourth-order valence-corrected chi connectivity index (χ4v) is 3.24. The number of nitrogens with one attached hydrogen (secondary N) is 2. The molecule has 1 aliphatic heterocycles. The Balaban J connectivity index is 2.29. The van der Waals surface area contributed by atoms with Crippen molar-refractivity contribution in [3.8, 4) is 0 Å². The van der Waals surface area contributed by atoms with Crippen molar-refractivity contribution in [3.05, 3.63) is 29.3 Å². The Bertz CT molecular complexity index is 589. The number of rotatable bonds is 4. The van der Waals surface area contributed by atoms with Gasteiger partial charge < -0.3 is 5.32 Å². The van der Waals surface area contributed by atoms with Crippen molar-refractivity contribution >= 4 is 10.0 Å². The Labute approximate surface area is 113 Å². The number of hydrogen-bond acceptors (Lipinski definition) is 3. The molecule has 0 aromatic heterocycles. The number of halogens is 4. The van der Waals surface area contributed by atoms with Gasteiger partial charge in [0.25, 0.3) is 0 Å². The smallest absolute Gasteiger partial charge is 0.246 e. The topological polar surface area (TPSA) is 58.2 Å². The molecule has 1 aromatic carbocycles. The molecule has 0 amide bonds. The lowest BCUT2D eigenvalue weighted by Crippen LogP contribution is -2.32. The van der Waals surface area contributed by atoms with Crippen LogP contribution in [0, 0.1) is 29.2 Å². The van der Waals surface area contributed by atoms with E-state index >= 15 is 0 Å². The summed E-state index contributed by atoms with van der Waals surface area (Å²) >= 11 is 0. The van der Waals surface area contributed by atoms with Gasteiger partial charge in [-0.2, -0.15) is 0 Å². The van der Waals surface area contributed by atoms with Crippen LogP contribution in [0.4, 0.5) is 17.6 Å². The molecule has 1 aliphatic rings. The summed E-state index contributed by atoms with van der Waals surface area (Å²) in [5.74, 6) is -7.41. The van der Waals surface area contributed by atoms with Gasteiger partial charge in [0.05, 0.1) is 0 Å². The third-order valence-electron chi connectivity index (χ3n) is 3.06. The summed E-state index contributed by atoms with van der Waals surface area (Å²) in [7, 11) is -4.66.